The van der Waals surface area contributed by atoms with Crippen molar-refractivity contribution < 1.29 is 23.9 Å². The number of nitrogens with zero attached hydrogens (tertiary/aromatic N) is 2. The van der Waals surface area contributed by atoms with Crippen molar-refractivity contribution in [2.24, 2.45) is 5.92 Å². The largest absolute Gasteiger partial charge is 0.496 e. The molecule has 2 aromatic carbocycles. The number of hydrogen-bond donors (Lipinski definition) is 1. The van der Waals surface area contributed by atoms with Crippen LogP contribution in [0.5, 0.6) is 5.75 Å². The van der Waals surface area contributed by atoms with Gasteiger partial charge in [-0.15, -0.1) is 0 Å². The van der Waals surface area contributed by atoms with Crippen LogP contribution < -0.4 is 10.1 Å². The molecule has 2 heterocycles. The predicted octanol–water partition coefficient (Wildman–Crippen LogP) is 3.51. The van der Waals surface area contributed by atoms with Crippen molar-refractivity contribution in [2.45, 2.75) is 18.9 Å². The van der Waals surface area contributed by atoms with E-state index in [1.165, 1.54) is 19.8 Å². The van der Waals surface area contributed by atoms with E-state index in [0.717, 1.165) is 23.7 Å². The average molecular weight is 570 g/mol. The van der Waals surface area contributed by atoms with Gasteiger partial charge in [0.15, 0.2) is 0 Å². The number of nitrogens with one attached hydrogen (secondary N) is 1. The van der Waals surface area contributed by atoms with Gasteiger partial charge in [0.25, 0.3) is 0 Å². The summed E-state index contributed by atoms with van der Waals surface area (Å²) in [6, 6.07) is 15.3. The Morgan fingerprint density at radius 1 is 1.22 bits per heavy atom. The van der Waals surface area contributed by atoms with Gasteiger partial charge in [-0.3, -0.25) is 14.4 Å². The van der Waals surface area contributed by atoms with Gasteiger partial charge in [0.2, 0.25) is 11.8 Å². The third-order valence-electron chi connectivity index (χ3n) is 6.34. The van der Waals surface area contributed by atoms with Crippen molar-refractivity contribution >= 4 is 45.5 Å². The maximum atomic E-state index is 13.0. The number of hydrogen-bond acceptors (Lipinski definition) is 7. The third kappa shape index (κ3) is 5.13. The van der Waals surface area contributed by atoms with E-state index in [0.29, 0.717) is 28.9 Å². The summed E-state index contributed by atoms with van der Waals surface area (Å²) in [7, 11) is 2.73. The van der Waals surface area contributed by atoms with Gasteiger partial charge in [0.05, 0.1) is 41.1 Å². The lowest BCUT2D eigenvalue weighted by Gasteiger charge is -2.32. The number of allylic oxidation sites excluding steroid dienone is 1. The molecule has 0 saturated carbocycles. The second-order valence-electron chi connectivity index (χ2n) is 8.34. The van der Waals surface area contributed by atoms with Crippen LogP contribution in [0.4, 0.5) is 0 Å². The number of carbonyl (C=O) groups is 3. The fourth-order valence-electron chi connectivity index (χ4n) is 4.49. The Labute approximate surface area is 221 Å². The standard InChI is InChI=1S/C26H24BrN3O5S/c1-34-20-8-7-16(11-19(20)27)22-18(12-28)25(29-24(32)23(22)26(33)35-2)36-14-21(31)30-10-9-15-5-3-4-6-17(15)13-30/h3-8,11,22-23H,9-10,13-14H2,1-2H3,(H,29,32)/t22-,23+/m0/s1. The summed E-state index contributed by atoms with van der Waals surface area (Å²) in [5, 5.41) is 13.0. The molecule has 2 amide bonds. The van der Waals surface area contributed by atoms with Crippen LogP contribution in [0.1, 0.15) is 22.6 Å². The summed E-state index contributed by atoms with van der Waals surface area (Å²) in [6.45, 7) is 1.14. The number of esters is 1. The SMILES string of the molecule is COC(=O)[C@H]1C(=O)NC(SCC(=O)N2CCc3ccccc3C2)=C(C#N)[C@@H]1c1ccc(OC)c(Br)c1. The van der Waals surface area contributed by atoms with Crippen molar-refractivity contribution in [3.63, 3.8) is 0 Å². The molecule has 186 valence electrons. The number of nitriles is 1. The van der Waals surface area contributed by atoms with Crippen molar-refractivity contribution in [2.75, 3.05) is 26.5 Å². The first-order chi connectivity index (χ1) is 17.4. The van der Waals surface area contributed by atoms with Crippen molar-refractivity contribution in [3.8, 4) is 11.8 Å². The number of amides is 2. The Kier molecular flexibility index (Phi) is 8.01. The van der Waals surface area contributed by atoms with Crippen LogP contribution in [0.3, 0.4) is 0 Å². The Balaban J connectivity index is 1.61. The van der Waals surface area contributed by atoms with Crippen molar-refractivity contribution in [1.82, 2.24) is 10.2 Å². The molecule has 0 bridgehead atoms. The van der Waals surface area contributed by atoms with Gasteiger partial charge in [-0.05, 0) is 51.2 Å². The fourth-order valence-corrected chi connectivity index (χ4v) is 6.00. The van der Waals surface area contributed by atoms with Crippen molar-refractivity contribution in [1.29, 1.82) is 5.26 Å². The quantitative estimate of drug-likeness (QED) is 0.418. The number of carbonyl (C=O) groups excluding carboxylic acids is 3. The van der Waals surface area contributed by atoms with Gasteiger partial charge >= 0.3 is 5.97 Å². The summed E-state index contributed by atoms with van der Waals surface area (Å²) in [5.41, 5.74) is 3.13. The van der Waals surface area contributed by atoms with E-state index in [9.17, 15) is 19.6 Å². The first-order valence-electron chi connectivity index (χ1n) is 11.2. The number of benzene rings is 2. The maximum absolute atomic E-state index is 13.0. The monoisotopic (exact) mass is 569 g/mol. The van der Waals surface area contributed by atoms with Gasteiger partial charge in [-0.1, -0.05) is 42.1 Å². The molecule has 36 heavy (non-hydrogen) atoms. The second-order valence-corrected chi connectivity index (χ2v) is 10.2. The number of rotatable bonds is 6. The molecule has 8 nitrogen and oxygen atoms in total. The van der Waals surface area contributed by atoms with Gasteiger partial charge in [0.1, 0.15) is 11.7 Å². The fraction of sp³-hybridized carbons (Fsp3) is 0.308. The smallest absolute Gasteiger partial charge is 0.319 e. The van der Waals surface area contributed by atoms with E-state index in [-0.39, 0.29) is 22.3 Å². The summed E-state index contributed by atoms with van der Waals surface area (Å²) < 4.78 is 10.8. The molecule has 0 fully saturated rings. The van der Waals surface area contributed by atoms with Gasteiger partial charge in [-0.2, -0.15) is 5.26 Å². The lowest BCUT2D eigenvalue weighted by atomic mass is 9.78. The highest BCUT2D eigenvalue weighted by Gasteiger charge is 2.44. The number of ether oxygens (including phenoxy) is 2. The van der Waals surface area contributed by atoms with Gasteiger partial charge < -0.3 is 19.7 Å². The maximum Gasteiger partial charge on any atom is 0.319 e. The zero-order valence-corrected chi connectivity index (χ0v) is 22.1. The molecule has 10 heteroatoms. The van der Waals surface area contributed by atoms with E-state index in [4.69, 9.17) is 9.47 Å². The molecular formula is C26H24BrN3O5S. The Hall–Kier alpha value is -3.29. The lowest BCUT2D eigenvalue weighted by Crippen LogP contribution is -2.44. The highest BCUT2D eigenvalue weighted by Crippen LogP contribution is 2.42. The molecule has 2 aromatic rings. The molecular weight excluding hydrogens is 546 g/mol. The molecule has 4 rings (SSSR count). The minimum absolute atomic E-state index is 0.0465. The van der Waals surface area contributed by atoms with E-state index >= 15 is 0 Å². The first-order valence-corrected chi connectivity index (χ1v) is 13.0. The van der Waals surface area contributed by atoms with Crippen LogP contribution in [0.15, 0.2) is 57.5 Å². The summed E-state index contributed by atoms with van der Waals surface area (Å²) in [5.74, 6) is -2.93. The Morgan fingerprint density at radius 2 is 1.97 bits per heavy atom. The van der Waals surface area contributed by atoms with Gasteiger partial charge in [0, 0.05) is 19.0 Å². The van der Waals surface area contributed by atoms with E-state index in [1.54, 1.807) is 23.1 Å². The highest BCUT2D eigenvalue weighted by molar-refractivity contribution is 9.10. The van der Waals surface area contributed by atoms with Crippen LogP contribution in [0.2, 0.25) is 0 Å². The number of methoxy groups -OCH3 is 2. The van der Waals surface area contributed by atoms with E-state index in [1.807, 2.05) is 18.2 Å². The topological polar surface area (TPSA) is 109 Å². The average Bonchev–Trinajstić information content (AvgIpc) is 2.90. The lowest BCUT2D eigenvalue weighted by molar-refractivity contribution is -0.150. The molecule has 0 aromatic heterocycles. The minimum Gasteiger partial charge on any atom is -0.496 e. The van der Waals surface area contributed by atoms with Crippen LogP contribution in [0, 0.1) is 17.2 Å². The molecule has 2 aliphatic heterocycles. The third-order valence-corrected chi connectivity index (χ3v) is 7.96. The summed E-state index contributed by atoms with van der Waals surface area (Å²) in [4.78, 5) is 40.4. The number of fused-ring (bicyclic) bond motifs is 1. The van der Waals surface area contributed by atoms with Crippen molar-refractivity contribution in [3.05, 3.63) is 74.2 Å². The molecule has 0 radical (unpaired) electrons. The minimum atomic E-state index is -1.25. The van der Waals surface area contributed by atoms with E-state index in [2.05, 4.69) is 33.4 Å². The molecule has 2 atom stereocenters. The number of halogens is 1. The molecule has 2 aliphatic rings. The Bertz CT molecular complexity index is 1290. The predicted molar refractivity (Wildman–Crippen MR) is 138 cm³/mol. The van der Waals surface area contributed by atoms with Gasteiger partial charge in [-0.25, -0.2) is 0 Å². The highest BCUT2D eigenvalue weighted by atomic mass is 79.9. The zero-order chi connectivity index (χ0) is 25.8. The van der Waals surface area contributed by atoms with Crippen LogP contribution in [-0.2, 0) is 32.1 Å². The zero-order valence-electron chi connectivity index (χ0n) is 19.7. The summed E-state index contributed by atoms with van der Waals surface area (Å²) in [6.07, 6.45) is 0.782. The van der Waals surface area contributed by atoms with Crippen LogP contribution >= 0.6 is 27.7 Å². The van der Waals surface area contributed by atoms with Crippen LogP contribution in [-0.4, -0.2) is 49.2 Å². The normalized spacial score (nSPS) is 19.2. The molecule has 0 unspecified atom stereocenters. The van der Waals surface area contributed by atoms with E-state index < -0.39 is 23.7 Å². The second kappa shape index (κ2) is 11.2. The summed E-state index contributed by atoms with van der Waals surface area (Å²) >= 11 is 4.52. The molecule has 0 saturated heterocycles. The number of thioether (sulfide) groups is 1. The Morgan fingerprint density at radius 3 is 2.64 bits per heavy atom. The molecule has 1 N–H and O–H groups in total. The molecule has 0 spiro atoms. The molecule has 0 aliphatic carbocycles. The first kappa shape index (κ1) is 25.8. The van der Waals surface area contributed by atoms with Crippen LogP contribution in [0.25, 0.3) is 0 Å².